The number of carbonyl (C=O) groups excluding carboxylic acids is 1. The van der Waals surface area contributed by atoms with E-state index in [2.05, 4.69) is 5.32 Å². The third-order valence-electron chi connectivity index (χ3n) is 4.14. The molecule has 0 aliphatic rings. The topological polar surface area (TPSA) is 69.9 Å². The monoisotopic (exact) mass is 369 g/mol. The van der Waals surface area contributed by atoms with Crippen molar-refractivity contribution in [2.45, 2.75) is 13.8 Å². The molecule has 0 spiro atoms. The van der Waals surface area contributed by atoms with Crippen molar-refractivity contribution in [2.75, 3.05) is 26.9 Å². The summed E-state index contributed by atoms with van der Waals surface area (Å²) in [4.78, 5) is 12.4. The Morgan fingerprint density at radius 3 is 2.44 bits per heavy atom. The normalized spacial score (nSPS) is 10.6. The SMILES string of the molecule is CCOc1ccc2oc(C(=O)NCCOc3ccc(OC)cc3)c(C)c2c1. The van der Waals surface area contributed by atoms with E-state index < -0.39 is 0 Å². The van der Waals surface area contributed by atoms with Gasteiger partial charge in [0.15, 0.2) is 5.76 Å². The molecular formula is C21H23NO5. The molecule has 0 atom stereocenters. The summed E-state index contributed by atoms with van der Waals surface area (Å²) in [6.45, 7) is 5.10. The molecule has 3 rings (SSSR count). The van der Waals surface area contributed by atoms with E-state index in [1.165, 1.54) is 0 Å². The van der Waals surface area contributed by atoms with Gasteiger partial charge in [0.1, 0.15) is 29.4 Å². The molecule has 142 valence electrons. The highest BCUT2D eigenvalue weighted by Gasteiger charge is 2.17. The second-order valence-electron chi connectivity index (χ2n) is 5.93. The second-order valence-corrected chi connectivity index (χ2v) is 5.93. The van der Waals surface area contributed by atoms with Crippen molar-refractivity contribution in [3.8, 4) is 17.2 Å². The number of furan rings is 1. The summed E-state index contributed by atoms with van der Waals surface area (Å²) in [5.41, 5.74) is 1.45. The minimum absolute atomic E-state index is 0.264. The molecule has 0 aliphatic carbocycles. The third kappa shape index (κ3) is 4.34. The summed E-state index contributed by atoms with van der Waals surface area (Å²) in [6.07, 6.45) is 0. The Morgan fingerprint density at radius 2 is 1.74 bits per heavy atom. The van der Waals surface area contributed by atoms with Crippen molar-refractivity contribution < 1.29 is 23.4 Å². The Labute approximate surface area is 158 Å². The number of aryl methyl sites for hydroxylation is 1. The van der Waals surface area contributed by atoms with Gasteiger partial charge in [-0.05, 0) is 56.3 Å². The molecule has 2 aromatic carbocycles. The van der Waals surface area contributed by atoms with Crippen molar-refractivity contribution in [1.82, 2.24) is 5.32 Å². The fourth-order valence-corrected chi connectivity index (χ4v) is 2.76. The van der Waals surface area contributed by atoms with Crippen LogP contribution in [0.1, 0.15) is 23.0 Å². The van der Waals surface area contributed by atoms with Crippen LogP contribution in [0.2, 0.25) is 0 Å². The maximum atomic E-state index is 12.4. The molecule has 6 heteroatoms. The summed E-state index contributed by atoms with van der Waals surface area (Å²) >= 11 is 0. The zero-order valence-electron chi connectivity index (χ0n) is 15.7. The van der Waals surface area contributed by atoms with Crippen LogP contribution in [0, 0.1) is 6.92 Å². The van der Waals surface area contributed by atoms with Gasteiger partial charge in [-0.25, -0.2) is 0 Å². The van der Waals surface area contributed by atoms with E-state index in [0.717, 1.165) is 22.4 Å². The third-order valence-corrected chi connectivity index (χ3v) is 4.14. The van der Waals surface area contributed by atoms with E-state index in [1.807, 2.05) is 56.3 Å². The largest absolute Gasteiger partial charge is 0.497 e. The average Bonchev–Trinajstić information content (AvgIpc) is 3.02. The van der Waals surface area contributed by atoms with E-state index >= 15 is 0 Å². The maximum absolute atomic E-state index is 12.4. The molecule has 1 amide bonds. The molecule has 3 aromatic rings. The molecule has 1 heterocycles. The van der Waals surface area contributed by atoms with Crippen LogP contribution in [0.25, 0.3) is 11.0 Å². The van der Waals surface area contributed by atoms with Gasteiger partial charge in [0.25, 0.3) is 5.91 Å². The zero-order chi connectivity index (χ0) is 19.2. The summed E-state index contributed by atoms with van der Waals surface area (Å²) in [7, 11) is 1.61. The smallest absolute Gasteiger partial charge is 0.287 e. The van der Waals surface area contributed by atoms with Crippen molar-refractivity contribution in [2.24, 2.45) is 0 Å². The minimum atomic E-state index is -0.264. The number of carbonyl (C=O) groups is 1. The number of hydrogen-bond donors (Lipinski definition) is 1. The Hall–Kier alpha value is -3.15. The number of fused-ring (bicyclic) bond motifs is 1. The highest BCUT2D eigenvalue weighted by Crippen LogP contribution is 2.28. The van der Waals surface area contributed by atoms with Gasteiger partial charge >= 0.3 is 0 Å². The van der Waals surface area contributed by atoms with Gasteiger partial charge in [0, 0.05) is 10.9 Å². The molecule has 0 radical (unpaired) electrons. The van der Waals surface area contributed by atoms with Crippen LogP contribution in [0.4, 0.5) is 0 Å². The van der Waals surface area contributed by atoms with Crippen molar-refractivity contribution in [3.05, 3.63) is 53.8 Å². The molecule has 1 N–H and O–H groups in total. The van der Waals surface area contributed by atoms with E-state index in [-0.39, 0.29) is 5.91 Å². The zero-order valence-corrected chi connectivity index (χ0v) is 15.7. The standard InChI is InChI=1S/C21H23NO5/c1-4-25-17-9-10-19-18(13-17)14(2)20(27-19)21(23)22-11-12-26-16-7-5-15(24-3)6-8-16/h5-10,13H,4,11-12H2,1-3H3,(H,22,23). The van der Waals surface area contributed by atoms with E-state index in [0.29, 0.717) is 36.9 Å². The van der Waals surface area contributed by atoms with Crippen LogP contribution >= 0.6 is 0 Å². The quantitative estimate of drug-likeness (QED) is 0.609. The Morgan fingerprint density at radius 1 is 1.04 bits per heavy atom. The van der Waals surface area contributed by atoms with Crippen LogP contribution in [0.5, 0.6) is 17.2 Å². The predicted octanol–water partition coefficient (Wildman–Crippen LogP) is 3.96. The lowest BCUT2D eigenvalue weighted by Crippen LogP contribution is -2.28. The summed E-state index contributed by atoms with van der Waals surface area (Å²) < 4.78 is 21.9. The summed E-state index contributed by atoms with van der Waals surface area (Å²) in [5.74, 6) is 2.29. The van der Waals surface area contributed by atoms with Gasteiger partial charge in [-0.2, -0.15) is 0 Å². The maximum Gasteiger partial charge on any atom is 0.287 e. The van der Waals surface area contributed by atoms with Gasteiger partial charge in [-0.15, -0.1) is 0 Å². The van der Waals surface area contributed by atoms with Gasteiger partial charge in [-0.1, -0.05) is 0 Å². The molecule has 27 heavy (non-hydrogen) atoms. The lowest BCUT2D eigenvalue weighted by Gasteiger charge is -2.08. The number of ether oxygens (including phenoxy) is 3. The molecular weight excluding hydrogens is 346 g/mol. The first kappa shape index (κ1) is 18.6. The fraction of sp³-hybridized carbons (Fsp3) is 0.286. The molecule has 0 aliphatic heterocycles. The van der Waals surface area contributed by atoms with Crippen LogP contribution in [-0.2, 0) is 0 Å². The van der Waals surface area contributed by atoms with E-state index in [1.54, 1.807) is 7.11 Å². The van der Waals surface area contributed by atoms with E-state index in [4.69, 9.17) is 18.6 Å². The van der Waals surface area contributed by atoms with Crippen molar-refractivity contribution in [1.29, 1.82) is 0 Å². The molecule has 1 aromatic heterocycles. The van der Waals surface area contributed by atoms with E-state index in [9.17, 15) is 4.79 Å². The van der Waals surface area contributed by atoms with Gasteiger partial charge in [-0.3, -0.25) is 4.79 Å². The minimum Gasteiger partial charge on any atom is -0.497 e. The predicted molar refractivity (Wildman–Crippen MR) is 103 cm³/mol. The Kier molecular flexibility index (Phi) is 5.86. The Balaban J connectivity index is 1.58. The van der Waals surface area contributed by atoms with Gasteiger partial charge < -0.3 is 23.9 Å². The van der Waals surface area contributed by atoms with Crippen LogP contribution in [-0.4, -0.2) is 32.8 Å². The first-order valence-electron chi connectivity index (χ1n) is 8.83. The highest BCUT2D eigenvalue weighted by molar-refractivity contribution is 5.99. The number of nitrogens with one attached hydrogen (secondary N) is 1. The highest BCUT2D eigenvalue weighted by atomic mass is 16.5. The molecule has 0 fully saturated rings. The molecule has 0 unspecified atom stereocenters. The number of methoxy groups -OCH3 is 1. The fourth-order valence-electron chi connectivity index (χ4n) is 2.76. The van der Waals surface area contributed by atoms with Gasteiger partial charge in [0.05, 0.1) is 20.3 Å². The van der Waals surface area contributed by atoms with Gasteiger partial charge in [0.2, 0.25) is 0 Å². The molecule has 0 saturated carbocycles. The van der Waals surface area contributed by atoms with Crippen molar-refractivity contribution in [3.63, 3.8) is 0 Å². The van der Waals surface area contributed by atoms with Crippen LogP contribution in [0.3, 0.4) is 0 Å². The first-order chi connectivity index (χ1) is 13.1. The molecule has 0 saturated heterocycles. The number of rotatable bonds is 8. The lowest BCUT2D eigenvalue weighted by molar-refractivity contribution is 0.0920. The molecule has 0 bridgehead atoms. The van der Waals surface area contributed by atoms with Crippen molar-refractivity contribution >= 4 is 16.9 Å². The molecule has 6 nitrogen and oxygen atoms in total. The number of hydrogen-bond acceptors (Lipinski definition) is 5. The average molecular weight is 369 g/mol. The number of benzene rings is 2. The summed E-state index contributed by atoms with van der Waals surface area (Å²) in [6, 6.07) is 12.8. The lowest BCUT2D eigenvalue weighted by atomic mass is 10.1. The summed E-state index contributed by atoms with van der Waals surface area (Å²) in [5, 5.41) is 3.70. The van der Waals surface area contributed by atoms with Crippen LogP contribution in [0.15, 0.2) is 46.9 Å². The van der Waals surface area contributed by atoms with Crippen LogP contribution < -0.4 is 19.5 Å². The second kappa shape index (κ2) is 8.49. The number of amides is 1. The Bertz CT molecular complexity index is 914. The first-order valence-corrected chi connectivity index (χ1v) is 8.83.